The van der Waals surface area contributed by atoms with Gasteiger partial charge in [0.05, 0.1) is 0 Å². The molecule has 0 N–H and O–H groups in total. The Kier molecular flexibility index (Phi) is 7.61. The molecule has 0 amide bonds. The van der Waals surface area contributed by atoms with Gasteiger partial charge in [0.15, 0.2) is 0 Å². The SMILES string of the molecule is Br[c-]1[cH-][cH-][cH-][cH-]1.Cc1ccccc1C[c-]1cccc1.[Fe]. The van der Waals surface area contributed by atoms with Gasteiger partial charge in [-0.05, 0) is 18.9 Å². The molecule has 0 radical (unpaired) electrons. The first-order chi connectivity index (χ1) is 9.25. The van der Waals surface area contributed by atoms with Crippen molar-refractivity contribution in [2.24, 2.45) is 0 Å². The molecule has 3 rings (SSSR count). The number of hydrogen-bond acceptors (Lipinski definition) is 0. The molecule has 3 aromatic carbocycles. The van der Waals surface area contributed by atoms with E-state index >= 15 is 0 Å². The van der Waals surface area contributed by atoms with Gasteiger partial charge in [-0.2, -0.15) is 17.7 Å². The fourth-order valence-corrected chi connectivity index (χ4v) is 2.22. The Balaban J connectivity index is 0.000000243. The molecule has 0 heterocycles. The third-order valence-corrected chi connectivity index (χ3v) is 3.54. The normalized spacial score (nSPS) is 9.30. The van der Waals surface area contributed by atoms with E-state index in [4.69, 9.17) is 0 Å². The summed E-state index contributed by atoms with van der Waals surface area (Å²) < 4.78 is 1.16. The zero-order chi connectivity index (χ0) is 13.5. The van der Waals surface area contributed by atoms with E-state index in [1.165, 1.54) is 16.7 Å². The second kappa shape index (κ2) is 8.97. The van der Waals surface area contributed by atoms with Crippen LogP contribution in [-0.4, -0.2) is 0 Å². The van der Waals surface area contributed by atoms with Gasteiger partial charge in [0, 0.05) is 17.1 Å². The van der Waals surface area contributed by atoms with Crippen molar-refractivity contribution in [3.05, 3.63) is 94.0 Å². The molecule has 0 aliphatic heterocycles. The van der Waals surface area contributed by atoms with Crippen LogP contribution in [0.25, 0.3) is 0 Å². The average Bonchev–Trinajstić information content (AvgIpc) is 3.06. The topological polar surface area (TPSA) is 0 Å². The van der Waals surface area contributed by atoms with Crippen molar-refractivity contribution >= 4 is 15.9 Å². The molecule has 0 spiro atoms. The Morgan fingerprint density at radius 1 is 1.00 bits per heavy atom. The molecule has 0 saturated heterocycles. The van der Waals surface area contributed by atoms with E-state index in [9.17, 15) is 0 Å². The monoisotopic (exact) mass is 368 g/mol. The Hall–Kier alpha value is -1.08. The van der Waals surface area contributed by atoms with E-state index in [1.807, 2.05) is 24.3 Å². The molecule has 0 bridgehead atoms. The number of rotatable bonds is 2. The van der Waals surface area contributed by atoms with Crippen LogP contribution in [0.4, 0.5) is 0 Å². The summed E-state index contributed by atoms with van der Waals surface area (Å²) in [5.41, 5.74) is 4.20. The summed E-state index contributed by atoms with van der Waals surface area (Å²) in [6.07, 6.45) is 1.06. The summed E-state index contributed by atoms with van der Waals surface area (Å²) in [5.74, 6) is 0. The van der Waals surface area contributed by atoms with Crippen LogP contribution in [-0.2, 0) is 23.5 Å². The van der Waals surface area contributed by atoms with Crippen molar-refractivity contribution in [3.8, 4) is 0 Å². The Labute approximate surface area is 140 Å². The largest absolute Gasteiger partial charge is 0.747 e. The molecule has 0 atom stereocenters. The maximum Gasteiger partial charge on any atom is 0 e. The standard InChI is InChI=1S/C13H13.C5H4Br.Fe/c1-11-6-2-5-9-13(11)10-12-7-3-4-8-12;6-5-3-1-2-4-5;/h2-9H,10H2,1H3;1-4H;/q-1;-5;. The van der Waals surface area contributed by atoms with Crippen LogP contribution >= 0.6 is 15.9 Å². The molecular formula is C18H17BrFe-6. The van der Waals surface area contributed by atoms with E-state index in [0.29, 0.717) is 0 Å². The summed E-state index contributed by atoms with van der Waals surface area (Å²) in [6.45, 7) is 2.16. The summed E-state index contributed by atoms with van der Waals surface area (Å²) in [7, 11) is 0. The zero-order valence-corrected chi connectivity index (χ0v) is 14.1. The molecule has 0 nitrogen and oxygen atoms in total. The first-order valence-corrected chi connectivity index (χ1v) is 7.17. The maximum absolute atomic E-state index is 3.28. The van der Waals surface area contributed by atoms with Crippen molar-refractivity contribution in [2.45, 2.75) is 13.3 Å². The summed E-state index contributed by atoms with van der Waals surface area (Å²) >= 11 is 3.28. The first-order valence-electron chi connectivity index (χ1n) is 6.38. The van der Waals surface area contributed by atoms with Crippen LogP contribution in [0.15, 0.2) is 77.3 Å². The molecule has 110 valence electrons. The number of benzene rings is 1. The van der Waals surface area contributed by atoms with Crippen LogP contribution in [0.3, 0.4) is 0 Å². The number of halogens is 1. The molecule has 2 heteroatoms. The molecule has 0 aliphatic rings. The van der Waals surface area contributed by atoms with E-state index in [0.717, 1.165) is 10.9 Å². The van der Waals surface area contributed by atoms with Gasteiger partial charge in [-0.15, -0.1) is 0 Å². The summed E-state index contributed by atoms with van der Waals surface area (Å²) in [6, 6.07) is 25.1. The average molecular weight is 369 g/mol. The van der Waals surface area contributed by atoms with Gasteiger partial charge in [-0.3, -0.25) is 0 Å². The van der Waals surface area contributed by atoms with Gasteiger partial charge in [0.2, 0.25) is 0 Å². The third kappa shape index (κ3) is 5.50. The summed E-state index contributed by atoms with van der Waals surface area (Å²) in [5, 5.41) is 0. The van der Waals surface area contributed by atoms with Crippen molar-refractivity contribution < 1.29 is 17.1 Å². The van der Waals surface area contributed by atoms with Gasteiger partial charge in [-0.25, -0.2) is 12.1 Å². The van der Waals surface area contributed by atoms with Gasteiger partial charge < -0.3 is 44.7 Å². The van der Waals surface area contributed by atoms with Crippen LogP contribution < -0.4 is 0 Å². The fourth-order valence-electron chi connectivity index (χ4n) is 1.91. The maximum atomic E-state index is 3.28. The van der Waals surface area contributed by atoms with Crippen LogP contribution in [0.1, 0.15) is 16.7 Å². The second-order valence-electron chi connectivity index (χ2n) is 4.50. The minimum atomic E-state index is 0. The van der Waals surface area contributed by atoms with Crippen LogP contribution in [0, 0.1) is 6.92 Å². The minimum absolute atomic E-state index is 0. The molecule has 0 fully saturated rings. The summed E-state index contributed by atoms with van der Waals surface area (Å²) in [4.78, 5) is 0. The Morgan fingerprint density at radius 2 is 1.60 bits per heavy atom. The van der Waals surface area contributed by atoms with Gasteiger partial charge in [0.25, 0.3) is 0 Å². The molecule has 3 aromatic rings. The molecule has 0 aliphatic carbocycles. The van der Waals surface area contributed by atoms with E-state index in [1.54, 1.807) is 0 Å². The quantitative estimate of drug-likeness (QED) is 0.415. The van der Waals surface area contributed by atoms with Crippen LogP contribution in [0.2, 0.25) is 0 Å². The van der Waals surface area contributed by atoms with Crippen molar-refractivity contribution in [1.29, 1.82) is 0 Å². The minimum Gasteiger partial charge on any atom is -0.747 e. The third-order valence-electron chi connectivity index (χ3n) is 3.01. The molecule has 0 saturated carbocycles. The predicted molar refractivity (Wildman–Crippen MR) is 85.8 cm³/mol. The van der Waals surface area contributed by atoms with E-state index < -0.39 is 0 Å². The van der Waals surface area contributed by atoms with Gasteiger partial charge in [-0.1, -0.05) is 29.8 Å². The van der Waals surface area contributed by atoms with Crippen LogP contribution in [0.5, 0.6) is 0 Å². The molecular weight excluding hydrogens is 352 g/mol. The number of aryl methyl sites for hydroxylation is 1. The zero-order valence-electron chi connectivity index (χ0n) is 11.4. The van der Waals surface area contributed by atoms with E-state index in [-0.39, 0.29) is 17.1 Å². The molecule has 0 unspecified atom stereocenters. The smallest absolute Gasteiger partial charge is 0 e. The molecule has 20 heavy (non-hydrogen) atoms. The Bertz CT molecular complexity index is 580. The van der Waals surface area contributed by atoms with Crippen molar-refractivity contribution in [2.75, 3.05) is 0 Å². The van der Waals surface area contributed by atoms with E-state index in [2.05, 4.69) is 71.4 Å². The fraction of sp³-hybridized carbons (Fsp3) is 0.111. The number of hydrogen-bond donors (Lipinski definition) is 0. The predicted octanol–water partition coefficient (Wildman–Crippen LogP) is 5.47. The first kappa shape index (κ1) is 17.0. The second-order valence-corrected chi connectivity index (χ2v) is 5.42. The van der Waals surface area contributed by atoms with Crippen molar-refractivity contribution in [1.82, 2.24) is 0 Å². The molecule has 0 aromatic heterocycles. The van der Waals surface area contributed by atoms with Crippen molar-refractivity contribution in [3.63, 3.8) is 0 Å². The Morgan fingerprint density at radius 3 is 2.10 bits per heavy atom. The van der Waals surface area contributed by atoms with Gasteiger partial charge >= 0.3 is 0 Å². The van der Waals surface area contributed by atoms with Gasteiger partial charge in [0.1, 0.15) is 0 Å².